The predicted octanol–water partition coefficient (Wildman–Crippen LogP) is 3.06. The van der Waals surface area contributed by atoms with Gasteiger partial charge in [-0.1, -0.05) is 30.3 Å². The second-order valence-electron chi connectivity index (χ2n) is 5.75. The molecule has 0 aliphatic rings. The summed E-state index contributed by atoms with van der Waals surface area (Å²) in [5.74, 6) is -0.134. The van der Waals surface area contributed by atoms with Crippen LogP contribution in [0.1, 0.15) is 18.1 Å². The van der Waals surface area contributed by atoms with Crippen molar-refractivity contribution in [3.63, 3.8) is 0 Å². The molecule has 0 unspecified atom stereocenters. The second-order valence-corrected chi connectivity index (χ2v) is 5.75. The van der Waals surface area contributed by atoms with Gasteiger partial charge in [0, 0.05) is 12.2 Å². The number of nitrogens with one attached hydrogen (secondary N) is 2. The molecule has 0 radical (unpaired) electrons. The van der Waals surface area contributed by atoms with Gasteiger partial charge in [0.15, 0.2) is 6.61 Å². The number of likely N-dealkylation sites (N-methyl/N-ethyl adjacent to an activating group) is 1. The van der Waals surface area contributed by atoms with E-state index in [4.69, 9.17) is 4.74 Å². The van der Waals surface area contributed by atoms with Crippen molar-refractivity contribution in [3.05, 3.63) is 65.2 Å². The highest BCUT2D eigenvalue weighted by molar-refractivity contribution is 6.09. The van der Waals surface area contributed by atoms with Gasteiger partial charge in [-0.3, -0.25) is 9.59 Å². The van der Waals surface area contributed by atoms with Crippen molar-refractivity contribution in [2.45, 2.75) is 13.8 Å². The summed E-state index contributed by atoms with van der Waals surface area (Å²) in [6.07, 6.45) is 1.50. The molecule has 2 aromatic carbocycles. The highest BCUT2D eigenvalue weighted by Crippen LogP contribution is 2.17. The maximum absolute atomic E-state index is 12.3. The maximum Gasteiger partial charge on any atom is 0.266 e. The lowest BCUT2D eigenvalue weighted by Crippen LogP contribution is -2.28. The molecule has 138 valence electrons. The first-order chi connectivity index (χ1) is 13.0. The molecule has 0 atom stereocenters. The molecule has 2 rings (SSSR count). The summed E-state index contributed by atoms with van der Waals surface area (Å²) in [6, 6.07) is 16.1. The Labute approximate surface area is 158 Å². The molecule has 2 aromatic rings. The molecule has 0 bridgehead atoms. The minimum atomic E-state index is -0.469. The van der Waals surface area contributed by atoms with Crippen molar-refractivity contribution in [2.24, 2.45) is 0 Å². The molecule has 6 nitrogen and oxygen atoms in total. The molecule has 0 fully saturated rings. The fraction of sp³-hybridized carbons (Fsp3) is 0.190. The van der Waals surface area contributed by atoms with Crippen LogP contribution in [0.2, 0.25) is 0 Å². The molecule has 0 saturated heterocycles. The number of anilines is 1. The molecule has 0 spiro atoms. The standard InChI is InChI=1S/C21H21N3O3/c1-3-23-20(25)14-27-18-10-8-16(9-11-18)12-17(13-22)21(26)24-19-7-5-4-6-15(19)2/h4-12H,3,14H2,1-2H3,(H,23,25)(H,24,26)/b17-12-. The van der Waals surface area contributed by atoms with Gasteiger partial charge in [0.25, 0.3) is 11.8 Å². The van der Waals surface area contributed by atoms with Crippen molar-refractivity contribution in [1.29, 1.82) is 5.26 Å². The van der Waals surface area contributed by atoms with Crippen LogP contribution in [-0.2, 0) is 9.59 Å². The number of nitrogens with zero attached hydrogens (tertiary/aromatic N) is 1. The third-order valence-corrected chi connectivity index (χ3v) is 3.69. The Morgan fingerprint density at radius 3 is 2.48 bits per heavy atom. The Kier molecular flexibility index (Phi) is 7.15. The predicted molar refractivity (Wildman–Crippen MR) is 104 cm³/mol. The fourth-order valence-corrected chi connectivity index (χ4v) is 2.28. The van der Waals surface area contributed by atoms with Crippen LogP contribution in [0.4, 0.5) is 5.69 Å². The minimum Gasteiger partial charge on any atom is -0.484 e. The summed E-state index contributed by atoms with van der Waals surface area (Å²) in [5, 5.41) is 14.7. The smallest absolute Gasteiger partial charge is 0.266 e. The van der Waals surface area contributed by atoms with Gasteiger partial charge in [-0.25, -0.2) is 0 Å². The van der Waals surface area contributed by atoms with E-state index in [1.807, 2.05) is 38.1 Å². The molecule has 0 saturated carbocycles. The second kappa shape index (κ2) is 9.78. The van der Waals surface area contributed by atoms with Gasteiger partial charge in [0.1, 0.15) is 17.4 Å². The zero-order valence-corrected chi connectivity index (χ0v) is 15.3. The van der Waals surface area contributed by atoms with Crippen molar-refractivity contribution < 1.29 is 14.3 Å². The van der Waals surface area contributed by atoms with E-state index in [1.165, 1.54) is 6.08 Å². The number of para-hydroxylation sites is 1. The molecule has 0 heterocycles. The van der Waals surface area contributed by atoms with E-state index in [9.17, 15) is 14.9 Å². The summed E-state index contributed by atoms with van der Waals surface area (Å²) < 4.78 is 5.37. The van der Waals surface area contributed by atoms with Crippen molar-refractivity contribution in [1.82, 2.24) is 5.32 Å². The van der Waals surface area contributed by atoms with Crippen molar-refractivity contribution >= 4 is 23.6 Å². The Hall–Kier alpha value is -3.59. The summed E-state index contributed by atoms with van der Waals surface area (Å²) in [6.45, 7) is 4.20. The first-order valence-electron chi connectivity index (χ1n) is 8.51. The van der Waals surface area contributed by atoms with E-state index in [0.29, 0.717) is 23.5 Å². The summed E-state index contributed by atoms with van der Waals surface area (Å²) in [7, 11) is 0. The van der Waals surface area contributed by atoms with Gasteiger partial charge >= 0.3 is 0 Å². The number of carbonyl (C=O) groups excluding carboxylic acids is 2. The Bertz CT molecular complexity index is 880. The first-order valence-corrected chi connectivity index (χ1v) is 8.51. The molecule has 0 aliphatic heterocycles. The number of amides is 2. The van der Waals surface area contributed by atoms with Crippen LogP contribution < -0.4 is 15.4 Å². The average Bonchev–Trinajstić information content (AvgIpc) is 2.67. The summed E-state index contributed by atoms with van der Waals surface area (Å²) in [5.41, 5.74) is 2.25. The first kappa shape index (κ1) is 19.7. The largest absolute Gasteiger partial charge is 0.484 e. The third-order valence-electron chi connectivity index (χ3n) is 3.69. The van der Waals surface area contributed by atoms with Gasteiger partial charge in [-0.15, -0.1) is 0 Å². The number of aryl methyl sites for hydroxylation is 1. The van der Waals surface area contributed by atoms with Crippen molar-refractivity contribution in [3.8, 4) is 11.8 Å². The number of rotatable bonds is 7. The molecule has 0 aliphatic carbocycles. The lowest BCUT2D eigenvalue weighted by atomic mass is 10.1. The van der Waals surface area contributed by atoms with Crippen LogP contribution in [0, 0.1) is 18.3 Å². The zero-order valence-electron chi connectivity index (χ0n) is 15.3. The van der Waals surface area contributed by atoms with Gasteiger partial charge in [-0.2, -0.15) is 5.26 Å². The van der Waals surface area contributed by atoms with Crippen LogP contribution in [0.25, 0.3) is 6.08 Å². The van der Waals surface area contributed by atoms with E-state index in [2.05, 4.69) is 10.6 Å². The van der Waals surface area contributed by atoms with Crippen LogP contribution in [0.15, 0.2) is 54.1 Å². The Balaban J connectivity index is 2.04. The third kappa shape index (κ3) is 6.01. The molecule has 0 aromatic heterocycles. The highest BCUT2D eigenvalue weighted by atomic mass is 16.5. The normalized spacial score (nSPS) is 10.6. The molecule has 2 N–H and O–H groups in total. The Morgan fingerprint density at radius 1 is 1.15 bits per heavy atom. The molecule has 27 heavy (non-hydrogen) atoms. The van der Waals surface area contributed by atoms with E-state index >= 15 is 0 Å². The number of ether oxygens (including phenoxy) is 1. The number of nitriles is 1. The SMILES string of the molecule is CCNC(=O)COc1ccc(/C=C(/C#N)C(=O)Nc2ccccc2C)cc1. The monoisotopic (exact) mass is 363 g/mol. The zero-order chi connectivity index (χ0) is 19.6. The summed E-state index contributed by atoms with van der Waals surface area (Å²) >= 11 is 0. The number of hydrogen-bond acceptors (Lipinski definition) is 4. The van der Waals surface area contributed by atoms with E-state index in [-0.39, 0.29) is 18.1 Å². The highest BCUT2D eigenvalue weighted by Gasteiger charge is 2.10. The molecule has 6 heteroatoms. The fourth-order valence-electron chi connectivity index (χ4n) is 2.28. The molecular weight excluding hydrogens is 342 g/mol. The number of benzene rings is 2. The van der Waals surface area contributed by atoms with Crippen molar-refractivity contribution in [2.75, 3.05) is 18.5 Å². The molecular formula is C21H21N3O3. The lowest BCUT2D eigenvalue weighted by Gasteiger charge is -2.08. The Morgan fingerprint density at radius 2 is 1.85 bits per heavy atom. The van der Waals surface area contributed by atoms with Gasteiger partial charge in [0.05, 0.1) is 0 Å². The van der Waals surface area contributed by atoms with Crippen LogP contribution in [0.5, 0.6) is 5.75 Å². The quantitative estimate of drug-likeness (QED) is 0.584. The van der Waals surface area contributed by atoms with Gasteiger partial charge in [0.2, 0.25) is 0 Å². The van der Waals surface area contributed by atoms with E-state index in [0.717, 1.165) is 5.56 Å². The average molecular weight is 363 g/mol. The van der Waals surface area contributed by atoms with Crippen LogP contribution >= 0.6 is 0 Å². The summed E-state index contributed by atoms with van der Waals surface area (Å²) in [4.78, 5) is 23.7. The van der Waals surface area contributed by atoms with Crippen LogP contribution in [-0.4, -0.2) is 25.0 Å². The topological polar surface area (TPSA) is 91.2 Å². The number of hydrogen-bond donors (Lipinski definition) is 2. The minimum absolute atomic E-state index is 0.00533. The maximum atomic E-state index is 12.3. The van der Waals surface area contributed by atoms with Gasteiger partial charge in [-0.05, 0) is 49.2 Å². The molecule has 2 amide bonds. The number of carbonyl (C=O) groups is 2. The van der Waals surface area contributed by atoms with Crippen LogP contribution in [0.3, 0.4) is 0 Å². The van der Waals surface area contributed by atoms with E-state index < -0.39 is 5.91 Å². The lowest BCUT2D eigenvalue weighted by molar-refractivity contribution is -0.123. The van der Waals surface area contributed by atoms with Gasteiger partial charge < -0.3 is 15.4 Å². The van der Waals surface area contributed by atoms with E-state index in [1.54, 1.807) is 30.3 Å².